The molecule has 1 aromatic heterocycles. The summed E-state index contributed by atoms with van der Waals surface area (Å²) in [5.41, 5.74) is 1.32. The third-order valence-corrected chi connectivity index (χ3v) is 5.87. The molecule has 0 bridgehead atoms. The van der Waals surface area contributed by atoms with Gasteiger partial charge in [-0.1, -0.05) is 48.0 Å². The maximum absolute atomic E-state index is 15.6. The molecule has 5 nitrogen and oxygen atoms in total. The number of carbonyl (C=O) groups excluding carboxylic acids is 2. The quantitative estimate of drug-likeness (QED) is 0.521. The molecule has 0 saturated heterocycles. The van der Waals surface area contributed by atoms with Crippen LogP contribution in [0.4, 0.5) is 8.78 Å². The van der Waals surface area contributed by atoms with Crippen LogP contribution in [0.15, 0.2) is 54.1 Å². The molecule has 8 heteroatoms. The highest BCUT2D eigenvalue weighted by Crippen LogP contribution is 2.43. The zero-order chi connectivity index (χ0) is 23.2. The highest BCUT2D eigenvalue weighted by atomic mass is 35.5. The number of benzene rings is 2. The van der Waals surface area contributed by atoms with Gasteiger partial charge in [-0.3, -0.25) is 4.79 Å². The summed E-state index contributed by atoms with van der Waals surface area (Å²) in [6.07, 6.45) is 0. The lowest BCUT2D eigenvalue weighted by Crippen LogP contribution is -2.39. The van der Waals surface area contributed by atoms with E-state index in [0.29, 0.717) is 27.2 Å². The zero-order valence-electron chi connectivity index (χ0n) is 17.8. The van der Waals surface area contributed by atoms with Crippen molar-refractivity contribution in [3.63, 3.8) is 0 Å². The molecule has 166 valence electrons. The van der Waals surface area contributed by atoms with Crippen LogP contribution < -0.4 is 0 Å². The number of halogens is 3. The first-order chi connectivity index (χ1) is 15.2. The Bertz CT molecular complexity index is 1270. The highest BCUT2D eigenvalue weighted by molar-refractivity contribution is 6.31. The Morgan fingerprint density at radius 1 is 1.16 bits per heavy atom. The lowest BCUT2D eigenvalue weighted by atomic mass is 9.91. The molecular weight excluding hydrogens is 438 g/mol. The molecule has 0 saturated carbocycles. The Labute approximate surface area is 188 Å². The first kappa shape index (κ1) is 22.0. The highest BCUT2D eigenvalue weighted by Gasteiger charge is 2.49. The van der Waals surface area contributed by atoms with Gasteiger partial charge in [-0.15, -0.1) is 0 Å². The number of esters is 1. The van der Waals surface area contributed by atoms with Crippen molar-refractivity contribution in [3.8, 4) is 0 Å². The van der Waals surface area contributed by atoms with Gasteiger partial charge in [0.1, 0.15) is 0 Å². The molecule has 0 spiro atoms. The van der Waals surface area contributed by atoms with Crippen molar-refractivity contribution in [2.45, 2.75) is 12.8 Å². The van der Waals surface area contributed by atoms with E-state index in [-0.39, 0.29) is 17.7 Å². The number of alkyl halides is 2. The number of amides is 1. The van der Waals surface area contributed by atoms with Gasteiger partial charge < -0.3 is 14.2 Å². The number of fused-ring (bicyclic) bond motifs is 3. The molecule has 0 N–H and O–H groups in total. The normalized spacial score (nSPS) is 14.6. The minimum atomic E-state index is -3.94. The number of hydrogen-bond acceptors (Lipinski definition) is 3. The van der Waals surface area contributed by atoms with E-state index in [2.05, 4.69) is 4.74 Å². The molecule has 0 radical (unpaired) electrons. The summed E-state index contributed by atoms with van der Waals surface area (Å²) in [7, 11) is 3.13. The van der Waals surface area contributed by atoms with Crippen LogP contribution in [-0.4, -0.2) is 47.5 Å². The Hall–Kier alpha value is -3.19. The van der Waals surface area contributed by atoms with Gasteiger partial charge >= 0.3 is 11.9 Å². The minimum Gasteiger partial charge on any atom is -0.461 e. The predicted octanol–water partition coefficient (Wildman–Crippen LogP) is 4.92. The molecule has 1 aliphatic heterocycles. The Morgan fingerprint density at radius 2 is 1.84 bits per heavy atom. The third kappa shape index (κ3) is 3.37. The lowest BCUT2D eigenvalue weighted by Gasteiger charge is -2.24. The monoisotopic (exact) mass is 458 g/mol. The van der Waals surface area contributed by atoms with Gasteiger partial charge in [0.2, 0.25) is 0 Å². The molecule has 4 rings (SSSR count). The number of aryl methyl sites for hydroxylation is 1. The number of likely N-dealkylation sites (N-methyl/N-ethyl adjacent to an activating group) is 1. The Kier molecular flexibility index (Phi) is 5.54. The fourth-order valence-electron chi connectivity index (χ4n) is 4.16. The lowest BCUT2D eigenvalue weighted by molar-refractivity contribution is -0.166. The smallest absolute Gasteiger partial charge is 0.381 e. The van der Waals surface area contributed by atoms with E-state index in [9.17, 15) is 9.59 Å². The molecule has 0 atom stereocenters. The minimum absolute atomic E-state index is 0.131. The van der Waals surface area contributed by atoms with Gasteiger partial charge in [0, 0.05) is 42.2 Å². The molecule has 32 heavy (non-hydrogen) atoms. The average Bonchev–Trinajstić information content (AvgIpc) is 2.98. The van der Waals surface area contributed by atoms with E-state index in [1.54, 1.807) is 60.1 Å². The maximum atomic E-state index is 15.6. The second-order valence-corrected chi connectivity index (χ2v) is 8.06. The van der Waals surface area contributed by atoms with E-state index in [4.69, 9.17) is 11.6 Å². The number of hydrogen-bond donors (Lipinski definition) is 0. The number of rotatable bonds is 4. The van der Waals surface area contributed by atoms with Gasteiger partial charge in [-0.25, -0.2) is 4.79 Å². The van der Waals surface area contributed by atoms with Crippen LogP contribution in [0.25, 0.3) is 16.5 Å². The standard InChI is InChI=1S/C24H21ClF2N2O3/c1-4-32-23(31)24(26,27)17-13-28(2)22(30)20-16-11-10-15(25)12-18(16)29(3)21(20)19(17)14-8-6-5-7-9-14/h5-12H,4,13H2,1-3H3. The third-order valence-electron chi connectivity index (χ3n) is 5.63. The number of aromatic nitrogens is 1. The largest absolute Gasteiger partial charge is 0.461 e. The van der Waals surface area contributed by atoms with Crippen molar-refractivity contribution in [3.05, 3.63) is 75.9 Å². The molecule has 0 aliphatic carbocycles. The number of carbonyl (C=O) groups is 2. The van der Waals surface area contributed by atoms with Crippen molar-refractivity contribution in [1.29, 1.82) is 0 Å². The van der Waals surface area contributed by atoms with Crippen LogP contribution >= 0.6 is 11.6 Å². The van der Waals surface area contributed by atoms with E-state index < -0.39 is 29.9 Å². The van der Waals surface area contributed by atoms with Crippen molar-refractivity contribution in [1.82, 2.24) is 9.47 Å². The molecule has 2 heterocycles. The van der Waals surface area contributed by atoms with Crippen LogP contribution in [-0.2, 0) is 16.6 Å². The summed E-state index contributed by atoms with van der Waals surface area (Å²) in [6, 6.07) is 13.6. The number of nitrogens with zero attached hydrogens (tertiary/aromatic N) is 2. The van der Waals surface area contributed by atoms with E-state index in [0.717, 1.165) is 0 Å². The second-order valence-electron chi connectivity index (χ2n) is 7.62. The summed E-state index contributed by atoms with van der Waals surface area (Å²) >= 11 is 6.18. The predicted molar refractivity (Wildman–Crippen MR) is 119 cm³/mol. The second kappa shape index (κ2) is 8.06. The van der Waals surface area contributed by atoms with Gasteiger partial charge in [0.15, 0.2) is 0 Å². The van der Waals surface area contributed by atoms with E-state index in [1.807, 2.05) is 0 Å². The van der Waals surface area contributed by atoms with Crippen molar-refractivity contribution in [2.24, 2.45) is 7.05 Å². The fraction of sp³-hybridized carbons (Fsp3) is 0.250. The Morgan fingerprint density at radius 3 is 2.50 bits per heavy atom. The van der Waals surface area contributed by atoms with E-state index >= 15 is 8.78 Å². The van der Waals surface area contributed by atoms with E-state index in [1.165, 1.54) is 18.9 Å². The molecule has 3 aromatic rings. The first-order valence-corrected chi connectivity index (χ1v) is 10.4. The Balaban J connectivity index is 2.17. The topological polar surface area (TPSA) is 51.5 Å². The van der Waals surface area contributed by atoms with Crippen molar-refractivity contribution in [2.75, 3.05) is 20.2 Å². The molecule has 2 aromatic carbocycles. The fourth-order valence-corrected chi connectivity index (χ4v) is 4.32. The molecule has 0 fully saturated rings. The molecular formula is C24H21ClF2N2O3. The molecule has 1 aliphatic rings. The average molecular weight is 459 g/mol. The number of ether oxygens (including phenoxy) is 1. The zero-order valence-corrected chi connectivity index (χ0v) is 18.5. The molecule has 1 amide bonds. The van der Waals surface area contributed by atoms with Gasteiger partial charge in [0.05, 0.1) is 23.4 Å². The van der Waals surface area contributed by atoms with Crippen LogP contribution in [0.2, 0.25) is 5.02 Å². The van der Waals surface area contributed by atoms with Crippen LogP contribution in [0.5, 0.6) is 0 Å². The van der Waals surface area contributed by atoms with Gasteiger partial charge in [-0.05, 0) is 24.6 Å². The van der Waals surface area contributed by atoms with Crippen LogP contribution in [0, 0.1) is 0 Å². The van der Waals surface area contributed by atoms with Gasteiger partial charge in [0.25, 0.3) is 5.91 Å². The van der Waals surface area contributed by atoms with Crippen molar-refractivity contribution < 1.29 is 23.1 Å². The maximum Gasteiger partial charge on any atom is 0.381 e. The summed E-state index contributed by atoms with van der Waals surface area (Å²) < 4.78 is 37.5. The van der Waals surface area contributed by atoms with Crippen LogP contribution in [0.1, 0.15) is 28.5 Å². The summed E-state index contributed by atoms with van der Waals surface area (Å²) in [6.45, 7) is 0.850. The summed E-state index contributed by atoms with van der Waals surface area (Å²) in [5.74, 6) is -6.00. The summed E-state index contributed by atoms with van der Waals surface area (Å²) in [4.78, 5) is 26.9. The SMILES string of the molecule is CCOC(=O)C(F)(F)C1=C(c2ccccc2)c2c(c3ccc(Cl)cc3n2C)C(=O)N(C)C1. The molecule has 0 unspecified atom stereocenters. The van der Waals surface area contributed by atoms with Crippen LogP contribution in [0.3, 0.4) is 0 Å². The van der Waals surface area contributed by atoms with Crippen molar-refractivity contribution >= 4 is 40.0 Å². The summed E-state index contributed by atoms with van der Waals surface area (Å²) in [5, 5.41) is 1.05. The first-order valence-electron chi connectivity index (χ1n) is 10.1. The van der Waals surface area contributed by atoms with Gasteiger partial charge in [-0.2, -0.15) is 8.78 Å².